The Morgan fingerprint density at radius 2 is 1.72 bits per heavy atom. The van der Waals surface area contributed by atoms with Crippen LogP contribution >= 0.6 is 22.9 Å². The third-order valence-electron chi connectivity index (χ3n) is 6.49. The van der Waals surface area contributed by atoms with E-state index in [0.717, 1.165) is 10.7 Å². The van der Waals surface area contributed by atoms with Gasteiger partial charge in [-0.25, -0.2) is 4.98 Å². The summed E-state index contributed by atoms with van der Waals surface area (Å²) in [6.07, 6.45) is 1.66. The highest BCUT2D eigenvalue weighted by atomic mass is 35.5. The Bertz CT molecular complexity index is 1580. The van der Waals surface area contributed by atoms with Gasteiger partial charge in [0.2, 0.25) is 0 Å². The number of pyridine rings is 1. The maximum absolute atomic E-state index is 14.0. The Morgan fingerprint density at radius 3 is 2.28 bits per heavy atom. The lowest BCUT2D eigenvalue weighted by Gasteiger charge is -2.22. The zero-order chi connectivity index (χ0) is 28.7. The minimum absolute atomic E-state index is 0.0237. The van der Waals surface area contributed by atoms with E-state index in [9.17, 15) is 19.5 Å². The molecule has 204 valence electrons. The molecular weight excluding hydrogens is 536 g/mol. The number of halogens is 1. The Balaban J connectivity index is 1.96. The summed E-state index contributed by atoms with van der Waals surface area (Å²) < 4.78 is 7.67. The molecule has 0 aliphatic rings. The highest BCUT2D eigenvalue weighted by molar-refractivity contribution is 7.09. The van der Waals surface area contributed by atoms with Crippen molar-refractivity contribution in [1.82, 2.24) is 9.38 Å². The smallest absolute Gasteiger partial charge is 0.309 e. The number of hydrogen-bond acceptors (Lipinski definition) is 6. The summed E-state index contributed by atoms with van der Waals surface area (Å²) in [6, 6.07) is 9.98. The number of aliphatic carboxylic acids is 1. The first-order chi connectivity index (χ1) is 18.2. The number of rotatable bonds is 9. The number of hydrogen-bond donors (Lipinski definition) is 1. The topological polar surface area (TPSA) is 98.0 Å². The van der Waals surface area contributed by atoms with Gasteiger partial charge in [0.05, 0.1) is 39.1 Å². The molecule has 0 radical (unpaired) electrons. The summed E-state index contributed by atoms with van der Waals surface area (Å²) >= 11 is 7.59. The van der Waals surface area contributed by atoms with E-state index < -0.39 is 16.8 Å². The Labute approximate surface area is 236 Å². The van der Waals surface area contributed by atoms with Gasteiger partial charge in [-0.3, -0.25) is 14.4 Å². The molecule has 0 aliphatic heterocycles. The van der Waals surface area contributed by atoms with Crippen molar-refractivity contribution in [2.45, 2.75) is 54.6 Å². The van der Waals surface area contributed by atoms with Crippen molar-refractivity contribution >= 4 is 46.0 Å². The van der Waals surface area contributed by atoms with Gasteiger partial charge in [0.1, 0.15) is 12.4 Å². The molecule has 0 unspecified atom stereocenters. The Morgan fingerprint density at radius 1 is 1.05 bits per heavy atom. The van der Waals surface area contributed by atoms with Gasteiger partial charge in [-0.2, -0.15) is 0 Å². The predicted molar refractivity (Wildman–Crippen MR) is 152 cm³/mol. The quantitative estimate of drug-likeness (QED) is 0.218. The van der Waals surface area contributed by atoms with Crippen LogP contribution in [0.1, 0.15) is 77.3 Å². The first-order valence-corrected chi connectivity index (χ1v) is 13.7. The van der Waals surface area contributed by atoms with Crippen molar-refractivity contribution in [3.05, 3.63) is 86.1 Å². The van der Waals surface area contributed by atoms with Crippen LogP contribution in [0, 0.1) is 17.8 Å². The van der Waals surface area contributed by atoms with E-state index in [0.29, 0.717) is 33.0 Å². The summed E-state index contributed by atoms with van der Waals surface area (Å²) in [5, 5.41) is 13.3. The van der Waals surface area contributed by atoms with Gasteiger partial charge in [0.15, 0.2) is 11.6 Å². The van der Waals surface area contributed by atoms with Crippen molar-refractivity contribution < 1.29 is 24.2 Å². The maximum atomic E-state index is 14.0. The zero-order valence-corrected chi connectivity index (χ0v) is 24.4. The van der Waals surface area contributed by atoms with Crippen molar-refractivity contribution in [1.29, 1.82) is 0 Å². The largest absolute Gasteiger partial charge is 0.486 e. The lowest BCUT2D eigenvalue weighted by atomic mass is 9.80. The average Bonchev–Trinajstić information content (AvgIpc) is 3.41. The van der Waals surface area contributed by atoms with Gasteiger partial charge < -0.3 is 14.2 Å². The molecule has 0 aliphatic carbocycles. The van der Waals surface area contributed by atoms with Gasteiger partial charge >= 0.3 is 5.97 Å². The second kappa shape index (κ2) is 10.6. The van der Waals surface area contributed by atoms with E-state index in [1.807, 2.05) is 12.3 Å². The fourth-order valence-corrected chi connectivity index (χ4v) is 5.02. The second-order valence-electron chi connectivity index (χ2n) is 11.2. The summed E-state index contributed by atoms with van der Waals surface area (Å²) in [7, 11) is 0. The zero-order valence-electron chi connectivity index (χ0n) is 22.8. The SMILES string of the molecule is Cc1nc(COc2ccc3c(C(=O)c4ccc(Cl)cc4)c(CC(C)(C)C(=O)O)c(C(=O)C(C)(C)C)n3c2)cs1. The Kier molecular flexibility index (Phi) is 7.74. The summed E-state index contributed by atoms with van der Waals surface area (Å²) in [5.41, 5.74) is 0.597. The van der Waals surface area contributed by atoms with Crippen LogP contribution in [-0.4, -0.2) is 32.0 Å². The first kappa shape index (κ1) is 28.5. The molecule has 3 aromatic heterocycles. The monoisotopic (exact) mass is 566 g/mol. The summed E-state index contributed by atoms with van der Waals surface area (Å²) in [6.45, 7) is 10.7. The van der Waals surface area contributed by atoms with Gasteiger partial charge in [-0.1, -0.05) is 32.4 Å². The predicted octanol–water partition coefficient (Wildman–Crippen LogP) is 7.05. The molecule has 0 fully saturated rings. The molecule has 39 heavy (non-hydrogen) atoms. The number of carbonyl (C=O) groups excluding carboxylic acids is 2. The number of fused-ring (bicyclic) bond motifs is 1. The van der Waals surface area contributed by atoms with E-state index in [2.05, 4.69) is 4.98 Å². The highest BCUT2D eigenvalue weighted by Gasteiger charge is 2.37. The number of Topliss-reactive ketones (excluding diaryl/α,β-unsaturated/α-hetero) is 1. The summed E-state index contributed by atoms with van der Waals surface area (Å²) in [4.78, 5) is 44.5. The molecule has 4 aromatic rings. The van der Waals surface area contributed by atoms with Crippen LogP contribution in [0.4, 0.5) is 0 Å². The third kappa shape index (κ3) is 5.92. The van der Waals surface area contributed by atoms with Crippen LogP contribution in [0.2, 0.25) is 5.02 Å². The van der Waals surface area contributed by atoms with Crippen LogP contribution in [0.15, 0.2) is 48.0 Å². The number of carbonyl (C=O) groups is 3. The number of ether oxygens (including phenoxy) is 1. The standard InChI is InChI=1S/C30H31ClN2O5S/c1-17-32-20(16-39-17)15-38-21-11-12-23-24(26(34)18-7-9-19(31)10-8-18)22(13-30(5,6)28(36)37)25(33(23)14-21)27(35)29(2,3)4/h7-12,14,16H,13,15H2,1-6H3,(H,36,37). The lowest BCUT2D eigenvalue weighted by molar-refractivity contribution is -0.146. The average molecular weight is 567 g/mol. The van der Waals surface area contributed by atoms with Gasteiger partial charge in [-0.15, -0.1) is 11.3 Å². The molecule has 0 saturated heterocycles. The van der Waals surface area contributed by atoms with Crippen molar-refractivity contribution in [2.75, 3.05) is 0 Å². The molecule has 0 amide bonds. The molecular formula is C30H31ClN2O5S. The number of ketones is 2. The number of aromatic nitrogens is 2. The van der Waals surface area contributed by atoms with Gasteiger partial charge in [-0.05, 0) is 69.2 Å². The fourth-order valence-electron chi connectivity index (χ4n) is 4.30. The van der Waals surface area contributed by atoms with Crippen molar-refractivity contribution in [3.8, 4) is 5.75 Å². The van der Waals surface area contributed by atoms with E-state index in [1.54, 1.807) is 81.6 Å². The normalized spacial score (nSPS) is 12.1. The van der Waals surface area contributed by atoms with Gasteiger partial charge in [0, 0.05) is 21.4 Å². The maximum Gasteiger partial charge on any atom is 0.309 e. The number of aryl methyl sites for hydroxylation is 1. The number of carboxylic acids is 1. The molecule has 9 heteroatoms. The molecule has 7 nitrogen and oxygen atoms in total. The minimum Gasteiger partial charge on any atom is -0.486 e. The summed E-state index contributed by atoms with van der Waals surface area (Å²) in [5.74, 6) is -1.07. The number of carboxylic acid groups (broad SMARTS) is 1. The number of thiazole rings is 1. The number of benzene rings is 1. The van der Waals surface area contributed by atoms with Crippen molar-refractivity contribution in [2.24, 2.45) is 10.8 Å². The molecule has 0 spiro atoms. The van der Waals surface area contributed by atoms with E-state index in [1.165, 1.54) is 11.3 Å². The lowest BCUT2D eigenvalue weighted by Crippen LogP contribution is -2.29. The van der Waals surface area contributed by atoms with E-state index >= 15 is 0 Å². The van der Waals surface area contributed by atoms with Crippen LogP contribution in [0.3, 0.4) is 0 Å². The third-order valence-corrected chi connectivity index (χ3v) is 7.56. The molecule has 1 aromatic carbocycles. The second-order valence-corrected chi connectivity index (χ2v) is 12.7. The van der Waals surface area contributed by atoms with Crippen LogP contribution < -0.4 is 4.74 Å². The van der Waals surface area contributed by atoms with Crippen LogP contribution in [-0.2, 0) is 17.8 Å². The van der Waals surface area contributed by atoms with Crippen LogP contribution in [0.25, 0.3) is 5.52 Å². The van der Waals surface area contributed by atoms with Gasteiger partial charge in [0.25, 0.3) is 0 Å². The van der Waals surface area contributed by atoms with E-state index in [-0.39, 0.29) is 30.3 Å². The van der Waals surface area contributed by atoms with E-state index in [4.69, 9.17) is 16.3 Å². The molecule has 0 saturated carbocycles. The Hall–Kier alpha value is -3.49. The molecule has 3 heterocycles. The first-order valence-electron chi connectivity index (χ1n) is 12.5. The minimum atomic E-state index is -1.24. The molecule has 0 bridgehead atoms. The molecule has 1 N–H and O–H groups in total. The van der Waals surface area contributed by atoms with Crippen LogP contribution in [0.5, 0.6) is 5.75 Å². The molecule has 0 atom stereocenters. The van der Waals surface area contributed by atoms with Crippen molar-refractivity contribution in [3.63, 3.8) is 0 Å². The molecule has 4 rings (SSSR count). The highest BCUT2D eigenvalue weighted by Crippen LogP contribution is 2.37. The fraction of sp³-hybridized carbons (Fsp3) is 0.333. The number of nitrogens with zero attached hydrogens (tertiary/aromatic N) is 2.